The number of fused-ring (bicyclic) bond motifs is 7. The van der Waals surface area contributed by atoms with Crippen molar-refractivity contribution >= 4 is 54.5 Å². The number of rotatable bonds is 3. The highest BCUT2D eigenvalue weighted by atomic mass is 16.3. The monoisotopic (exact) mass is 538 g/mol. The summed E-state index contributed by atoms with van der Waals surface area (Å²) in [6, 6.07) is 45.7. The fourth-order valence-corrected chi connectivity index (χ4v) is 6.10. The van der Waals surface area contributed by atoms with Crippen molar-refractivity contribution in [2.45, 2.75) is 0 Å². The lowest BCUT2D eigenvalue weighted by atomic mass is 10.0. The zero-order chi connectivity index (χ0) is 27.6. The molecule has 0 unspecified atom stereocenters. The predicted octanol–water partition coefficient (Wildman–Crippen LogP) is 9.36. The molecule has 6 aromatic carbocycles. The number of hydrogen-bond donors (Lipinski definition) is 0. The second kappa shape index (κ2) is 8.85. The Balaban J connectivity index is 1.36. The summed E-state index contributed by atoms with van der Waals surface area (Å²) in [4.78, 5) is 15.2. The Hall–Kier alpha value is -5.81. The third kappa shape index (κ3) is 3.40. The molecule has 0 N–H and O–H groups in total. The summed E-state index contributed by atoms with van der Waals surface area (Å²) >= 11 is 0. The van der Waals surface area contributed by atoms with Crippen LogP contribution in [0.2, 0.25) is 0 Å². The van der Waals surface area contributed by atoms with Gasteiger partial charge in [0.1, 0.15) is 11.2 Å². The van der Waals surface area contributed by atoms with Gasteiger partial charge in [0.05, 0.1) is 16.6 Å². The Kier molecular flexibility index (Phi) is 4.83. The fraction of sp³-hybridized carbons (Fsp3) is 0. The van der Waals surface area contributed by atoms with Gasteiger partial charge in [0.2, 0.25) is 5.95 Å². The molecule has 9 aromatic rings. The first kappa shape index (κ1) is 22.9. The zero-order valence-electron chi connectivity index (χ0n) is 22.4. The molecule has 0 atom stereocenters. The van der Waals surface area contributed by atoms with Crippen LogP contribution in [0.25, 0.3) is 83.2 Å². The first-order valence-corrected chi connectivity index (χ1v) is 14.0. The zero-order valence-corrected chi connectivity index (χ0v) is 22.4. The number of furan rings is 1. The summed E-state index contributed by atoms with van der Waals surface area (Å²) in [5, 5.41) is 6.74. The highest BCUT2D eigenvalue weighted by Crippen LogP contribution is 2.38. The summed E-state index contributed by atoms with van der Waals surface area (Å²) in [5.41, 5.74) is 5.45. The minimum Gasteiger partial charge on any atom is -0.455 e. The van der Waals surface area contributed by atoms with Crippen LogP contribution in [0.5, 0.6) is 0 Å². The molecule has 0 saturated heterocycles. The van der Waals surface area contributed by atoms with E-state index in [0.717, 1.165) is 60.3 Å². The van der Waals surface area contributed by atoms with Crippen LogP contribution in [0.4, 0.5) is 0 Å². The number of benzene rings is 6. The van der Waals surface area contributed by atoms with Crippen LogP contribution in [0, 0.1) is 0 Å². The van der Waals surface area contributed by atoms with E-state index in [2.05, 4.69) is 89.5 Å². The smallest absolute Gasteiger partial charge is 0.238 e. The van der Waals surface area contributed by atoms with Crippen LogP contribution in [0.15, 0.2) is 138 Å². The van der Waals surface area contributed by atoms with Crippen molar-refractivity contribution in [2.24, 2.45) is 0 Å². The molecular formula is C37H22N4O. The maximum absolute atomic E-state index is 6.56. The van der Waals surface area contributed by atoms with Crippen molar-refractivity contribution in [3.8, 4) is 28.7 Å². The topological polar surface area (TPSA) is 56.7 Å². The molecule has 3 heterocycles. The molecule has 5 heteroatoms. The van der Waals surface area contributed by atoms with Crippen LogP contribution < -0.4 is 0 Å². The fourth-order valence-electron chi connectivity index (χ4n) is 6.10. The molecule has 0 spiro atoms. The standard InChI is InChI=1S/C37H22N4O/c1-2-11-23(12-3-1)35-38-36(40-37(39-35)41-31-19-8-6-15-26(31)27-16-7-9-20-32(27)41)29-18-10-17-28-30-21-24-13-4-5-14-25(24)22-33(30)42-34(28)29/h1-22H. The Labute approximate surface area is 240 Å². The molecule has 0 amide bonds. The molecule has 0 aliphatic rings. The van der Waals surface area contributed by atoms with Gasteiger partial charge in [0.25, 0.3) is 0 Å². The molecule has 196 valence electrons. The van der Waals surface area contributed by atoms with Crippen LogP contribution in [0.3, 0.4) is 0 Å². The highest BCUT2D eigenvalue weighted by molar-refractivity contribution is 6.13. The van der Waals surface area contributed by atoms with Gasteiger partial charge in [-0.05, 0) is 41.1 Å². The summed E-state index contributed by atoms with van der Waals surface area (Å²) in [7, 11) is 0. The van der Waals surface area contributed by atoms with Crippen molar-refractivity contribution < 1.29 is 4.42 Å². The van der Waals surface area contributed by atoms with E-state index in [4.69, 9.17) is 19.4 Å². The van der Waals surface area contributed by atoms with E-state index in [9.17, 15) is 0 Å². The first-order valence-electron chi connectivity index (χ1n) is 14.0. The van der Waals surface area contributed by atoms with E-state index in [1.807, 2.05) is 48.5 Å². The van der Waals surface area contributed by atoms with E-state index >= 15 is 0 Å². The van der Waals surface area contributed by atoms with Crippen molar-refractivity contribution in [3.05, 3.63) is 133 Å². The van der Waals surface area contributed by atoms with Crippen LogP contribution in [-0.4, -0.2) is 19.5 Å². The molecule has 0 radical (unpaired) electrons. The molecule has 0 aliphatic heterocycles. The van der Waals surface area contributed by atoms with Crippen LogP contribution in [-0.2, 0) is 0 Å². The summed E-state index contributed by atoms with van der Waals surface area (Å²) in [6.45, 7) is 0. The largest absolute Gasteiger partial charge is 0.455 e. The maximum atomic E-state index is 6.56. The van der Waals surface area contributed by atoms with Crippen LogP contribution in [0.1, 0.15) is 0 Å². The van der Waals surface area contributed by atoms with E-state index < -0.39 is 0 Å². The van der Waals surface area contributed by atoms with Crippen molar-refractivity contribution in [3.63, 3.8) is 0 Å². The maximum Gasteiger partial charge on any atom is 0.238 e. The summed E-state index contributed by atoms with van der Waals surface area (Å²) in [6.07, 6.45) is 0. The molecule has 42 heavy (non-hydrogen) atoms. The summed E-state index contributed by atoms with van der Waals surface area (Å²) in [5.74, 6) is 1.74. The van der Waals surface area contributed by atoms with E-state index in [1.54, 1.807) is 0 Å². The molecule has 0 aliphatic carbocycles. The highest BCUT2D eigenvalue weighted by Gasteiger charge is 2.20. The summed E-state index contributed by atoms with van der Waals surface area (Å²) < 4.78 is 8.69. The van der Waals surface area contributed by atoms with Crippen molar-refractivity contribution in [1.82, 2.24) is 19.5 Å². The van der Waals surface area contributed by atoms with E-state index in [1.165, 1.54) is 5.39 Å². The SMILES string of the molecule is c1ccc(-c2nc(-c3cccc4c3oc3cc5ccccc5cc34)nc(-n3c4ccccc4c4ccccc43)n2)cc1. The average Bonchev–Trinajstić information content (AvgIpc) is 3.59. The average molecular weight is 539 g/mol. The van der Waals surface area contributed by atoms with Crippen molar-refractivity contribution in [2.75, 3.05) is 0 Å². The van der Waals surface area contributed by atoms with Gasteiger partial charge in [-0.2, -0.15) is 9.97 Å². The quantitative estimate of drug-likeness (QED) is 0.225. The van der Waals surface area contributed by atoms with Gasteiger partial charge >= 0.3 is 0 Å². The van der Waals surface area contributed by atoms with Crippen LogP contribution >= 0.6 is 0 Å². The van der Waals surface area contributed by atoms with Gasteiger partial charge in [-0.15, -0.1) is 0 Å². The van der Waals surface area contributed by atoms with Gasteiger partial charge < -0.3 is 4.42 Å². The molecule has 0 bridgehead atoms. The lowest BCUT2D eigenvalue weighted by Gasteiger charge is -2.11. The minimum atomic E-state index is 0.565. The molecule has 9 rings (SSSR count). The Morgan fingerprint density at radius 3 is 1.86 bits per heavy atom. The number of hydrogen-bond acceptors (Lipinski definition) is 4. The molecular weight excluding hydrogens is 516 g/mol. The van der Waals surface area contributed by atoms with Gasteiger partial charge in [0.15, 0.2) is 11.6 Å². The first-order chi connectivity index (χ1) is 20.8. The van der Waals surface area contributed by atoms with Crippen molar-refractivity contribution in [1.29, 1.82) is 0 Å². The van der Waals surface area contributed by atoms with Gasteiger partial charge in [-0.1, -0.05) is 103 Å². The lowest BCUT2D eigenvalue weighted by molar-refractivity contribution is 0.670. The third-order valence-electron chi connectivity index (χ3n) is 8.04. The predicted molar refractivity (Wildman–Crippen MR) is 170 cm³/mol. The third-order valence-corrected chi connectivity index (χ3v) is 8.04. The normalized spacial score (nSPS) is 11.8. The lowest BCUT2D eigenvalue weighted by Crippen LogP contribution is -2.06. The van der Waals surface area contributed by atoms with E-state index in [0.29, 0.717) is 17.6 Å². The Morgan fingerprint density at radius 2 is 1.10 bits per heavy atom. The second-order valence-electron chi connectivity index (χ2n) is 10.5. The van der Waals surface area contributed by atoms with E-state index in [-0.39, 0.29) is 0 Å². The number of para-hydroxylation sites is 3. The number of aromatic nitrogens is 4. The number of nitrogens with zero attached hydrogens (tertiary/aromatic N) is 4. The molecule has 0 fully saturated rings. The van der Waals surface area contributed by atoms with Gasteiger partial charge in [-0.3, -0.25) is 4.57 Å². The Morgan fingerprint density at radius 1 is 0.476 bits per heavy atom. The second-order valence-corrected chi connectivity index (χ2v) is 10.5. The molecule has 0 saturated carbocycles. The van der Waals surface area contributed by atoms with Gasteiger partial charge in [-0.25, -0.2) is 4.98 Å². The Bertz CT molecular complexity index is 2420. The molecule has 5 nitrogen and oxygen atoms in total. The minimum absolute atomic E-state index is 0.565. The molecule has 3 aromatic heterocycles. The van der Waals surface area contributed by atoms with Gasteiger partial charge in [0, 0.05) is 27.1 Å².